The first-order valence-corrected chi connectivity index (χ1v) is 7.66. The maximum absolute atomic E-state index is 11.9. The van der Waals surface area contributed by atoms with E-state index >= 15 is 0 Å². The summed E-state index contributed by atoms with van der Waals surface area (Å²) in [6.45, 7) is 0.513. The van der Waals surface area contributed by atoms with Gasteiger partial charge in [0, 0.05) is 42.3 Å². The van der Waals surface area contributed by atoms with E-state index in [1.165, 1.54) is 0 Å². The van der Waals surface area contributed by atoms with Crippen LogP contribution in [0.15, 0.2) is 42.7 Å². The summed E-state index contributed by atoms with van der Waals surface area (Å²) in [5, 5.41) is 6.83. The Hall–Kier alpha value is -2.14. The zero-order valence-electron chi connectivity index (χ0n) is 12.0. The van der Waals surface area contributed by atoms with Crippen LogP contribution in [0.1, 0.15) is 24.3 Å². The standard InChI is InChI=1S/C16H17ClN4O/c17-13-5-2-1-4-11(13)12-10-14(12)21-15(22)6-9-20-16-18-7-3-8-19-16/h1-5,7-8,12,14H,6,9-10H2,(H,21,22)(H,18,19,20)/t12-,14+/m1/s1. The fraction of sp³-hybridized carbons (Fsp3) is 0.312. The van der Waals surface area contributed by atoms with Crippen molar-refractivity contribution in [3.8, 4) is 0 Å². The molecule has 1 aliphatic carbocycles. The summed E-state index contributed by atoms with van der Waals surface area (Å²) in [6, 6.07) is 9.74. The van der Waals surface area contributed by atoms with E-state index in [1.807, 2.05) is 24.3 Å². The zero-order chi connectivity index (χ0) is 15.4. The molecule has 114 valence electrons. The molecule has 2 N–H and O–H groups in total. The SMILES string of the molecule is O=C(CCNc1ncccn1)N[C@H]1C[C@@H]1c1ccccc1Cl. The van der Waals surface area contributed by atoms with Crippen LogP contribution in [0.3, 0.4) is 0 Å². The molecule has 0 unspecified atom stereocenters. The van der Waals surface area contributed by atoms with Gasteiger partial charge < -0.3 is 10.6 Å². The highest BCUT2D eigenvalue weighted by atomic mass is 35.5. The van der Waals surface area contributed by atoms with Gasteiger partial charge in [-0.25, -0.2) is 9.97 Å². The molecule has 1 aromatic carbocycles. The number of hydrogen-bond acceptors (Lipinski definition) is 4. The summed E-state index contributed by atoms with van der Waals surface area (Å²) < 4.78 is 0. The molecular weight excluding hydrogens is 300 g/mol. The van der Waals surface area contributed by atoms with Crippen LogP contribution in [0.2, 0.25) is 5.02 Å². The second kappa shape index (κ2) is 6.75. The first-order chi connectivity index (χ1) is 10.7. The lowest BCUT2D eigenvalue weighted by atomic mass is 10.1. The van der Waals surface area contributed by atoms with Gasteiger partial charge in [-0.3, -0.25) is 4.79 Å². The van der Waals surface area contributed by atoms with Crippen LogP contribution in [0.5, 0.6) is 0 Å². The molecule has 22 heavy (non-hydrogen) atoms. The molecule has 1 heterocycles. The Labute approximate surface area is 134 Å². The number of carbonyl (C=O) groups is 1. The molecule has 0 saturated heterocycles. The van der Waals surface area contributed by atoms with Gasteiger partial charge in [0.1, 0.15) is 0 Å². The number of nitrogens with zero attached hydrogens (tertiary/aromatic N) is 2. The maximum atomic E-state index is 11.9. The van der Waals surface area contributed by atoms with Crippen molar-refractivity contribution in [1.82, 2.24) is 15.3 Å². The molecule has 0 spiro atoms. The Kier molecular flexibility index (Phi) is 4.53. The fourth-order valence-corrected chi connectivity index (χ4v) is 2.71. The van der Waals surface area contributed by atoms with Crippen molar-refractivity contribution in [2.45, 2.75) is 24.8 Å². The third kappa shape index (κ3) is 3.74. The van der Waals surface area contributed by atoms with Crippen LogP contribution in [0.25, 0.3) is 0 Å². The predicted molar refractivity (Wildman–Crippen MR) is 85.9 cm³/mol. The molecule has 0 bridgehead atoms. The molecular formula is C16H17ClN4O. The van der Waals surface area contributed by atoms with Gasteiger partial charge in [-0.1, -0.05) is 29.8 Å². The fourth-order valence-electron chi connectivity index (χ4n) is 2.43. The van der Waals surface area contributed by atoms with Crippen molar-refractivity contribution >= 4 is 23.5 Å². The monoisotopic (exact) mass is 316 g/mol. The predicted octanol–water partition coefficient (Wildman–Crippen LogP) is 2.60. The van der Waals surface area contributed by atoms with E-state index in [1.54, 1.807) is 18.5 Å². The van der Waals surface area contributed by atoms with Crippen molar-refractivity contribution in [3.63, 3.8) is 0 Å². The lowest BCUT2D eigenvalue weighted by molar-refractivity contribution is -0.121. The molecule has 1 aromatic heterocycles. The minimum Gasteiger partial charge on any atom is -0.354 e. The summed E-state index contributed by atoms with van der Waals surface area (Å²) in [4.78, 5) is 20.0. The largest absolute Gasteiger partial charge is 0.354 e. The van der Waals surface area contributed by atoms with E-state index in [4.69, 9.17) is 11.6 Å². The van der Waals surface area contributed by atoms with Gasteiger partial charge in [0.25, 0.3) is 0 Å². The summed E-state index contributed by atoms with van der Waals surface area (Å²) in [5.74, 6) is 0.904. The van der Waals surface area contributed by atoms with Crippen molar-refractivity contribution in [1.29, 1.82) is 0 Å². The summed E-state index contributed by atoms with van der Waals surface area (Å²) >= 11 is 6.18. The molecule has 1 fully saturated rings. The van der Waals surface area contributed by atoms with Crippen molar-refractivity contribution in [2.24, 2.45) is 0 Å². The van der Waals surface area contributed by atoms with Crippen LogP contribution in [-0.4, -0.2) is 28.5 Å². The third-order valence-corrected chi connectivity index (χ3v) is 3.99. The number of aromatic nitrogens is 2. The van der Waals surface area contributed by atoms with Crippen LogP contribution in [-0.2, 0) is 4.79 Å². The number of carbonyl (C=O) groups excluding carboxylic acids is 1. The third-order valence-electron chi connectivity index (χ3n) is 3.64. The minimum absolute atomic E-state index is 0.0305. The average molecular weight is 317 g/mol. The quantitative estimate of drug-likeness (QED) is 0.859. The van der Waals surface area contributed by atoms with E-state index in [0.717, 1.165) is 17.0 Å². The summed E-state index contributed by atoms with van der Waals surface area (Å²) in [6.07, 6.45) is 4.66. The molecule has 1 saturated carbocycles. The second-order valence-electron chi connectivity index (χ2n) is 5.29. The van der Waals surface area contributed by atoms with Crippen molar-refractivity contribution in [2.75, 3.05) is 11.9 Å². The molecule has 2 atom stereocenters. The van der Waals surface area contributed by atoms with Crippen LogP contribution < -0.4 is 10.6 Å². The molecule has 1 amide bonds. The van der Waals surface area contributed by atoms with E-state index in [-0.39, 0.29) is 11.9 Å². The summed E-state index contributed by atoms with van der Waals surface area (Å²) in [5.41, 5.74) is 1.12. The van der Waals surface area contributed by atoms with E-state index in [9.17, 15) is 4.79 Å². The van der Waals surface area contributed by atoms with Crippen LogP contribution >= 0.6 is 11.6 Å². The Morgan fingerprint density at radius 3 is 2.77 bits per heavy atom. The molecule has 2 aromatic rings. The molecule has 5 nitrogen and oxygen atoms in total. The topological polar surface area (TPSA) is 66.9 Å². The molecule has 6 heteroatoms. The van der Waals surface area contributed by atoms with Crippen LogP contribution in [0, 0.1) is 0 Å². The highest BCUT2D eigenvalue weighted by molar-refractivity contribution is 6.31. The van der Waals surface area contributed by atoms with Gasteiger partial charge in [0.05, 0.1) is 0 Å². The van der Waals surface area contributed by atoms with Crippen molar-refractivity contribution in [3.05, 3.63) is 53.3 Å². The molecule has 0 radical (unpaired) electrons. The first-order valence-electron chi connectivity index (χ1n) is 7.29. The van der Waals surface area contributed by atoms with Gasteiger partial charge in [-0.15, -0.1) is 0 Å². The number of nitrogens with one attached hydrogen (secondary N) is 2. The maximum Gasteiger partial charge on any atom is 0.222 e. The Morgan fingerprint density at radius 2 is 2.00 bits per heavy atom. The normalized spacial score (nSPS) is 19.5. The summed E-state index contributed by atoms with van der Waals surface area (Å²) in [7, 11) is 0. The minimum atomic E-state index is 0.0305. The number of benzene rings is 1. The van der Waals surface area contributed by atoms with Crippen LogP contribution in [0.4, 0.5) is 5.95 Å². The van der Waals surface area contributed by atoms with Gasteiger partial charge >= 0.3 is 0 Å². The number of halogens is 1. The van der Waals surface area contributed by atoms with Gasteiger partial charge in [0.2, 0.25) is 11.9 Å². The van der Waals surface area contributed by atoms with Gasteiger partial charge in [0.15, 0.2) is 0 Å². The van der Waals surface area contributed by atoms with E-state index in [0.29, 0.717) is 24.8 Å². The van der Waals surface area contributed by atoms with Gasteiger partial charge in [-0.05, 0) is 24.1 Å². The number of hydrogen-bond donors (Lipinski definition) is 2. The highest BCUT2D eigenvalue weighted by Gasteiger charge is 2.40. The van der Waals surface area contributed by atoms with E-state index < -0.39 is 0 Å². The Bertz CT molecular complexity index is 650. The van der Waals surface area contributed by atoms with Gasteiger partial charge in [-0.2, -0.15) is 0 Å². The molecule has 0 aliphatic heterocycles. The lowest BCUT2D eigenvalue weighted by Gasteiger charge is -2.07. The first kappa shape index (κ1) is 14.8. The Balaban J connectivity index is 1.41. The number of anilines is 1. The van der Waals surface area contributed by atoms with E-state index in [2.05, 4.69) is 20.6 Å². The lowest BCUT2D eigenvalue weighted by Crippen LogP contribution is -2.28. The average Bonchev–Trinajstić information content (AvgIpc) is 3.27. The highest BCUT2D eigenvalue weighted by Crippen LogP contribution is 2.43. The van der Waals surface area contributed by atoms with Crippen molar-refractivity contribution < 1.29 is 4.79 Å². The molecule has 3 rings (SSSR count). The second-order valence-corrected chi connectivity index (χ2v) is 5.69. The number of rotatable bonds is 6. The number of amides is 1. The Morgan fingerprint density at radius 1 is 1.23 bits per heavy atom. The molecule has 1 aliphatic rings. The zero-order valence-corrected chi connectivity index (χ0v) is 12.8. The smallest absolute Gasteiger partial charge is 0.222 e.